The summed E-state index contributed by atoms with van der Waals surface area (Å²) in [7, 11) is 0. The highest BCUT2D eigenvalue weighted by Gasteiger charge is 2.41. The highest BCUT2D eigenvalue weighted by atomic mass is 35.5. The molecule has 2 aromatic carbocycles. The quantitative estimate of drug-likeness (QED) is 0.179. The van der Waals surface area contributed by atoms with Gasteiger partial charge in [0.25, 0.3) is 0 Å². The molecule has 5 nitrogen and oxygen atoms in total. The minimum absolute atomic E-state index is 0.0166. The van der Waals surface area contributed by atoms with E-state index in [4.69, 9.17) is 35.4 Å². The number of nitrogens with one attached hydrogen (secondary N) is 2. The molecule has 37 heavy (non-hydrogen) atoms. The molecule has 5 rings (SSSR count). The van der Waals surface area contributed by atoms with E-state index in [1.54, 1.807) is 0 Å². The molecule has 4 aromatic rings. The van der Waals surface area contributed by atoms with Crippen LogP contribution in [-0.4, -0.2) is 32.7 Å². The largest absolute Gasteiger partial charge is 0.385 e. The zero-order valence-electron chi connectivity index (χ0n) is 20.8. The lowest BCUT2D eigenvalue weighted by Gasteiger charge is -2.28. The molecule has 1 aliphatic rings. The summed E-state index contributed by atoms with van der Waals surface area (Å²) in [5.74, 6) is 0. The summed E-state index contributed by atoms with van der Waals surface area (Å²) in [6, 6.07) is 24.2. The molecular formula is C29H29Cl2N5S. The maximum Gasteiger partial charge on any atom is 0.170 e. The zero-order chi connectivity index (χ0) is 25.9. The highest BCUT2D eigenvalue weighted by Crippen LogP contribution is 2.42. The topological polar surface area (TPSA) is 45.1 Å². The van der Waals surface area contributed by atoms with Gasteiger partial charge in [0.15, 0.2) is 5.11 Å². The van der Waals surface area contributed by atoms with Crippen molar-refractivity contribution in [1.29, 1.82) is 0 Å². The van der Waals surface area contributed by atoms with E-state index in [-0.39, 0.29) is 12.1 Å². The summed E-state index contributed by atoms with van der Waals surface area (Å²) in [6.07, 6.45) is 2.76. The van der Waals surface area contributed by atoms with E-state index in [0.717, 1.165) is 53.1 Å². The Kier molecular flexibility index (Phi) is 7.70. The van der Waals surface area contributed by atoms with Crippen LogP contribution in [0.25, 0.3) is 5.69 Å². The minimum Gasteiger partial charge on any atom is -0.385 e. The average molecular weight is 551 g/mol. The standard InChI is InChI=1S/C29H29Cl2N5S/c1-19-18-22(20(2)36(19)25-14-8-12-23(30)26(25)31)28-27(24-13-6-7-15-33-24)34-29(37)35(28)17-9-16-32-21-10-4-3-5-11-21/h3-8,10-15,18,27-28,32H,9,16-17H2,1-2H3,(H,34,37)/t27-,28-/m1/s1. The number of aryl methyl sites for hydroxylation is 1. The Labute approximate surface area is 233 Å². The van der Waals surface area contributed by atoms with Crippen molar-refractivity contribution < 1.29 is 0 Å². The molecule has 0 unspecified atom stereocenters. The van der Waals surface area contributed by atoms with Gasteiger partial charge in [-0.1, -0.05) is 53.5 Å². The van der Waals surface area contributed by atoms with E-state index in [1.165, 1.54) is 5.56 Å². The lowest BCUT2D eigenvalue weighted by molar-refractivity contribution is 0.315. The van der Waals surface area contributed by atoms with E-state index in [1.807, 2.05) is 54.7 Å². The van der Waals surface area contributed by atoms with Crippen LogP contribution in [-0.2, 0) is 0 Å². The third-order valence-electron chi connectivity index (χ3n) is 6.84. The van der Waals surface area contributed by atoms with E-state index in [9.17, 15) is 0 Å². The number of halogens is 2. The molecule has 2 N–H and O–H groups in total. The number of benzene rings is 2. The fourth-order valence-electron chi connectivity index (χ4n) is 5.15. The molecule has 0 saturated carbocycles. The molecule has 0 amide bonds. The monoisotopic (exact) mass is 549 g/mol. The Hall–Kier alpha value is -3.06. The van der Waals surface area contributed by atoms with Crippen LogP contribution in [0.4, 0.5) is 5.69 Å². The van der Waals surface area contributed by atoms with Crippen molar-refractivity contribution in [1.82, 2.24) is 19.8 Å². The number of thiocarbonyl (C=S) groups is 1. The first-order valence-corrected chi connectivity index (χ1v) is 13.5. The van der Waals surface area contributed by atoms with Gasteiger partial charge in [-0.25, -0.2) is 0 Å². The van der Waals surface area contributed by atoms with Crippen LogP contribution in [0.5, 0.6) is 0 Å². The molecule has 0 spiro atoms. The summed E-state index contributed by atoms with van der Waals surface area (Å²) >= 11 is 18.9. The van der Waals surface area contributed by atoms with E-state index in [2.05, 4.69) is 63.2 Å². The Bertz CT molecular complexity index is 1390. The van der Waals surface area contributed by atoms with Gasteiger partial charge in [0.2, 0.25) is 0 Å². The van der Waals surface area contributed by atoms with Crippen molar-refractivity contribution in [2.24, 2.45) is 0 Å². The van der Waals surface area contributed by atoms with E-state index in [0.29, 0.717) is 10.0 Å². The fourth-order valence-corrected chi connectivity index (χ4v) is 5.86. The van der Waals surface area contributed by atoms with Gasteiger partial charge >= 0.3 is 0 Å². The van der Waals surface area contributed by atoms with Gasteiger partial charge < -0.3 is 20.1 Å². The predicted octanol–water partition coefficient (Wildman–Crippen LogP) is 7.27. The van der Waals surface area contributed by atoms with Crippen LogP contribution < -0.4 is 10.6 Å². The van der Waals surface area contributed by atoms with Crippen molar-refractivity contribution in [2.45, 2.75) is 32.4 Å². The van der Waals surface area contributed by atoms with Crippen molar-refractivity contribution >= 4 is 46.2 Å². The number of rotatable bonds is 8. The van der Waals surface area contributed by atoms with Crippen molar-refractivity contribution in [3.05, 3.63) is 112 Å². The van der Waals surface area contributed by atoms with Gasteiger partial charge in [0.05, 0.1) is 33.5 Å². The van der Waals surface area contributed by atoms with Crippen molar-refractivity contribution in [2.75, 3.05) is 18.4 Å². The van der Waals surface area contributed by atoms with Gasteiger partial charge in [0, 0.05) is 36.4 Å². The molecule has 1 fully saturated rings. The molecule has 190 valence electrons. The number of hydrogen-bond acceptors (Lipinski definition) is 3. The van der Waals surface area contributed by atoms with Crippen LogP contribution in [0.3, 0.4) is 0 Å². The Morgan fingerprint density at radius 3 is 2.54 bits per heavy atom. The highest BCUT2D eigenvalue weighted by molar-refractivity contribution is 7.80. The summed E-state index contributed by atoms with van der Waals surface area (Å²) in [4.78, 5) is 6.98. The number of para-hydroxylation sites is 1. The molecule has 0 bridgehead atoms. The first kappa shape index (κ1) is 25.6. The number of hydrogen-bond donors (Lipinski definition) is 2. The molecule has 2 aromatic heterocycles. The Morgan fingerprint density at radius 2 is 1.78 bits per heavy atom. The molecule has 0 radical (unpaired) electrons. The molecule has 1 saturated heterocycles. The third-order valence-corrected chi connectivity index (χ3v) is 8.00. The summed E-state index contributed by atoms with van der Waals surface area (Å²) in [6.45, 7) is 5.88. The minimum atomic E-state index is -0.0698. The second kappa shape index (κ2) is 11.1. The first-order chi connectivity index (χ1) is 18.0. The SMILES string of the molecule is Cc1cc([C@@H]2[C@@H](c3ccccn3)NC(=S)N2CCCNc2ccccc2)c(C)n1-c1cccc(Cl)c1Cl. The Morgan fingerprint density at radius 1 is 1.00 bits per heavy atom. The second-order valence-corrected chi connectivity index (χ2v) is 10.4. The molecular weight excluding hydrogens is 521 g/mol. The molecule has 3 heterocycles. The normalized spacial score (nSPS) is 17.2. The van der Waals surface area contributed by atoms with Gasteiger partial charge in [-0.15, -0.1) is 0 Å². The van der Waals surface area contributed by atoms with E-state index >= 15 is 0 Å². The average Bonchev–Trinajstić information content (AvgIpc) is 3.39. The van der Waals surface area contributed by atoms with Crippen molar-refractivity contribution in [3.8, 4) is 5.69 Å². The second-order valence-electron chi connectivity index (χ2n) is 9.20. The van der Waals surface area contributed by atoms with Crippen LogP contribution >= 0.6 is 35.4 Å². The summed E-state index contributed by atoms with van der Waals surface area (Å²) in [5.41, 5.74) is 6.33. The molecule has 0 aliphatic carbocycles. The zero-order valence-corrected chi connectivity index (χ0v) is 23.1. The first-order valence-electron chi connectivity index (χ1n) is 12.4. The van der Waals surface area contributed by atoms with E-state index < -0.39 is 0 Å². The maximum atomic E-state index is 6.64. The smallest absolute Gasteiger partial charge is 0.170 e. The van der Waals surface area contributed by atoms with Crippen molar-refractivity contribution in [3.63, 3.8) is 0 Å². The van der Waals surface area contributed by atoms with Crippen LogP contribution in [0.2, 0.25) is 10.0 Å². The summed E-state index contributed by atoms with van der Waals surface area (Å²) < 4.78 is 2.18. The molecule has 2 atom stereocenters. The fraction of sp³-hybridized carbons (Fsp3) is 0.241. The number of nitrogens with zero attached hydrogens (tertiary/aromatic N) is 3. The van der Waals surface area contributed by atoms with Gasteiger partial charge in [0.1, 0.15) is 0 Å². The van der Waals surface area contributed by atoms with Gasteiger partial charge in [-0.2, -0.15) is 0 Å². The molecule has 1 aliphatic heterocycles. The van der Waals surface area contributed by atoms with Crippen LogP contribution in [0, 0.1) is 13.8 Å². The molecule has 8 heteroatoms. The lowest BCUT2D eigenvalue weighted by Crippen LogP contribution is -2.31. The predicted molar refractivity (Wildman–Crippen MR) is 157 cm³/mol. The van der Waals surface area contributed by atoms with Gasteiger partial charge in [-0.05, 0) is 80.5 Å². The summed E-state index contributed by atoms with van der Waals surface area (Å²) in [5, 5.41) is 8.89. The Balaban J connectivity index is 1.48. The number of aromatic nitrogens is 2. The van der Waals surface area contributed by atoms with Crippen LogP contribution in [0.1, 0.15) is 41.1 Å². The maximum absolute atomic E-state index is 6.64. The number of anilines is 1. The number of pyridine rings is 1. The lowest BCUT2D eigenvalue weighted by atomic mass is 9.96. The van der Waals surface area contributed by atoms with Crippen LogP contribution in [0.15, 0.2) is 79.0 Å². The van der Waals surface area contributed by atoms with Gasteiger partial charge in [-0.3, -0.25) is 4.98 Å². The third kappa shape index (κ3) is 5.19.